The summed E-state index contributed by atoms with van der Waals surface area (Å²) >= 11 is 6.93. The first kappa shape index (κ1) is 20.4. The Labute approximate surface area is 177 Å². The lowest BCUT2D eigenvalue weighted by Crippen LogP contribution is -2.44. The van der Waals surface area contributed by atoms with Crippen LogP contribution in [0.1, 0.15) is 19.4 Å². The Balaban J connectivity index is 1.67. The van der Waals surface area contributed by atoms with Crippen LogP contribution in [0.15, 0.2) is 36.5 Å². The number of halogens is 4. The van der Waals surface area contributed by atoms with Crippen molar-refractivity contribution in [1.82, 2.24) is 15.2 Å². The van der Waals surface area contributed by atoms with Crippen molar-refractivity contribution >= 4 is 60.8 Å². The normalized spacial score (nSPS) is 12.5. The van der Waals surface area contributed by atoms with Gasteiger partial charge < -0.3 is 5.32 Å². The number of carbonyl (C=O) groups excluding carboxylic acids is 1. The number of nitrogens with one attached hydrogen (secondary N) is 3. The summed E-state index contributed by atoms with van der Waals surface area (Å²) in [6.45, 7) is 3.29. The molecule has 2 aromatic carbocycles. The van der Waals surface area contributed by atoms with Gasteiger partial charge in [-0.05, 0) is 38.1 Å². The number of aromatic amines is 1. The van der Waals surface area contributed by atoms with Gasteiger partial charge in [0.2, 0.25) is 0 Å². The largest absolute Gasteiger partial charge is 0.418 e. The number of fused-ring (bicyclic) bond motifs is 3. The molecule has 0 bridgehead atoms. The fourth-order valence-corrected chi connectivity index (χ4v) is 4.18. The van der Waals surface area contributed by atoms with Gasteiger partial charge in [0.1, 0.15) is 5.54 Å². The quantitative estimate of drug-likeness (QED) is 0.371. The summed E-state index contributed by atoms with van der Waals surface area (Å²) in [5.74, 6) is -0.460. The molecular formula is C19H15ClF3N5OS. The van der Waals surface area contributed by atoms with Crippen LogP contribution in [0.4, 0.5) is 24.0 Å². The number of thiazole rings is 1. The number of carbonyl (C=O) groups is 1. The van der Waals surface area contributed by atoms with E-state index in [0.29, 0.717) is 20.8 Å². The first-order valence-electron chi connectivity index (χ1n) is 8.73. The molecule has 0 atom stereocenters. The molecule has 4 rings (SSSR count). The molecule has 0 saturated carbocycles. The SMILES string of the molecule is CC(C)(Nc1cccc(Cl)c1)C(=O)Nc1nc2c(C(F)(F)F)cc3[nH]ncc3c2s1. The minimum absolute atomic E-state index is 0.0650. The number of aromatic nitrogens is 3. The first-order valence-corrected chi connectivity index (χ1v) is 9.93. The minimum Gasteiger partial charge on any atom is -0.372 e. The van der Waals surface area contributed by atoms with Crippen LogP contribution < -0.4 is 10.6 Å². The van der Waals surface area contributed by atoms with Crippen molar-refractivity contribution in [2.45, 2.75) is 25.6 Å². The van der Waals surface area contributed by atoms with Crippen LogP contribution in [0.2, 0.25) is 5.02 Å². The molecule has 0 unspecified atom stereocenters. The van der Waals surface area contributed by atoms with Crippen molar-refractivity contribution in [3.63, 3.8) is 0 Å². The molecular weight excluding hydrogens is 439 g/mol. The van der Waals surface area contributed by atoms with Gasteiger partial charge in [0.05, 0.1) is 27.5 Å². The number of hydrogen-bond donors (Lipinski definition) is 3. The van der Waals surface area contributed by atoms with Crippen molar-refractivity contribution < 1.29 is 18.0 Å². The van der Waals surface area contributed by atoms with Gasteiger partial charge in [0.25, 0.3) is 5.91 Å². The van der Waals surface area contributed by atoms with E-state index in [0.717, 1.165) is 17.4 Å². The molecule has 11 heteroatoms. The monoisotopic (exact) mass is 453 g/mol. The maximum absolute atomic E-state index is 13.5. The number of alkyl halides is 3. The third-order valence-electron chi connectivity index (χ3n) is 4.46. The molecule has 6 nitrogen and oxygen atoms in total. The van der Waals surface area contributed by atoms with Crippen LogP contribution >= 0.6 is 22.9 Å². The molecule has 0 aliphatic heterocycles. The van der Waals surface area contributed by atoms with Gasteiger partial charge in [-0.2, -0.15) is 18.3 Å². The second kappa shape index (κ2) is 7.13. The van der Waals surface area contributed by atoms with E-state index < -0.39 is 23.2 Å². The average molecular weight is 454 g/mol. The summed E-state index contributed by atoms with van der Waals surface area (Å²) in [5, 5.41) is 13.1. The Morgan fingerprint density at radius 3 is 2.70 bits per heavy atom. The van der Waals surface area contributed by atoms with Crippen LogP contribution in [-0.2, 0) is 11.0 Å². The molecule has 0 aliphatic rings. The van der Waals surface area contributed by atoms with Crippen molar-refractivity contribution in [3.05, 3.63) is 47.1 Å². The van der Waals surface area contributed by atoms with Gasteiger partial charge in [-0.3, -0.25) is 15.2 Å². The lowest BCUT2D eigenvalue weighted by Gasteiger charge is -2.25. The van der Waals surface area contributed by atoms with E-state index in [9.17, 15) is 18.0 Å². The third kappa shape index (κ3) is 3.80. The number of anilines is 2. The zero-order chi connectivity index (χ0) is 21.7. The highest BCUT2D eigenvalue weighted by molar-refractivity contribution is 7.23. The Bertz CT molecular complexity index is 1260. The molecule has 3 N–H and O–H groups in total. The standard InChI is InChI=1S/C19H15ClF3N5OS/c1-18(2,27-10-5-3-4-9(20)6-10)16(29)26-17-25-14-12(19(21,22)23)7-13-11(8-24-28-13)15(14)30-17/h3-8,27H,1-2H3,(H,24,28)(H,25,26,29). The van der Waals surface area contributed by atoms with E-state index in [-0.39, 0.29) is 16.2 Å². The highest BCUT2D eigenvalue weighted by Gasteiger charge is 2.36. The summed E-state index contributed by atoms with van der Waals surface area (Å²) in [5.41, 5.74) is -1.31. The van der Waals surface area contributed by atoms with Gasteiger partial charge in [-0.1, -0.05) is 29.0 Å². The Hall–Kier alpha value is -2.85. The zero-order valence-electron chi connectivity index (χ0n) is 15.7. The number of hydrogen-bond acceptors (Lipinski definition) is 5. The lowest BCUT2D eigenvalue weighted by atomic mass is 10.0. The van der Waals surface area contributed by atoms with E-state index in [1.165, 1.54) is 6.20 Å². The smallest absolute Gasteiger partial charge is 0.372 e. The number of amides is 1. The molecule has 1 amide bonds. The van der Waals surface area contributed by atoms with Crippen LogP contribution in [-0.4, -0.2) is 26.6 Å². The van der Waals surface area contributed by atoms with Crippen LogP contribution in [0, 0.1) is 0 Å². The lowest BCUT2D eigenvalue weighted by molar-refractivity contribution is -0.136. The second-order valence-electron chi connectivity index (χ2n) is 7.16. The summed E-state index contributed by atoms with van der Waals surface area (Å²) < 4.78 is 40.8. The Morgan fingerprint density at radius 2 is 2.00 bits per heavy atom. The minimum atomic E-state index is -4.60. The van der Waals surface area contributed by atoms with Crippen LogP contribution in [0.5, 0.6) is 0 Å². The maximum Gasteiger partial charge on any atom is 0.418 e. The van der Waals surface area contributed by atoms with Crippen molar-refractivity contribution in [2.24, 2.45) is 0 Å². The van der Waals surface area contributed by atoms with Gasteiger partial charge in [-0.15, -0.1) is 0 Å². The van der Waals surface area contributed by atoms with Crippen molar-refractivity contribution in [2.75, 3.05) is 10.6 Å². The number of rotatable bonds is 4. The number of benzene rings is 2. The van der Waals surface area contributed by atoms with E-state index in [1.807, 2.05) is 0 Å². The van der Waals surface area contributed by atoms with E-state index in [4.69, 9.17) is 11.6 Å². The molecule has 0 radical (unpaired) electrons. The highest BCUT2D eigenvalue weighted by Crippen LogP contribution is 2.41. The predicted octanol–water partition coefficient (Wildman–Crippen LogP) is 5.67. The summed E-state index contributed by atoms with van der Waals surface area (Å²) in [7, 11) is 0. The molecule has 30 heavy (non-hydrogen) atoms. The fourth-order valence-electron chi connectivity index (χ4n) is 2.99. The van der Waals surface area contributed by atoms with Gasteiger partial charge in [0, 0.05) is 16.1 Å². The molecule has 2 heterocycles. The second-order valence-corrected chi connectivity index (χ2v) is 8.60. The summed E-state index contributed by atoms with van der Waals surface area (Å²) in [6, 6.07) is 7.83. The van der Waals surface area contributed by atoms with Gasteiger partial charge in [-0.25, -0.2) is 4.98 Å². The predicted molar refractivity (Wildman–Crippen MR) is 112 cm³/mol. The van der Waals surface area contributed by atoms with E-state index in [2.05, 4.69) is 25.8 Å². The molecule has 0 fully saturated rings. The van der Waals surface area contributed by atoms with E-state index >= 15 is 0 Å². The number of nitrogens with zero attached hydrogens (tertiary/aromatic N) is 2. The van der Waals surface area contributed by atoms with E-state index in [1.54, 1.807) is 38.1 Å². The highest BCUT2D eigenvalue weighted by atomic mass is 35.5. The number of H-pyrrole nitrogens is 1. The summed E-state index contributed by atoms with van der Waals surface area (Å²) in [4.78, 5) is 16.9. The topological polar surface area (TPSA) is 82.7 Å². The Morgan fingerprint density at radius 1 is 1.23 bits per heavy atom. The average Bonchev–Trinajstić information content (AvgIpc) is 3.25. The van der Waals surface area contributed by atoms with Crippen molar-refractivity contribution in [1.29, 1.82) is 0 Å². The zero-order valence-corrected chi connectivity index (χ0v) is 17.3. The molecule has 0 spiro atoms. The van der Waals surface area contributed by atoms with Crippen LogP contribution in [0.25, 0.3) is 21.1 Å². The summed E-state index contributed by atoms with van der Waals surface area (Å²) in [6.07, 6.45) is -3.16. The third-order valence-corrected chi connectivity index (χ3v) is 5.70. The fraction of sp³-hybridized carbons (Fsp3) is 0.211. The molecule has 4 aromatic rings. The van der Waals surface area contributed by atoms with Crippen molar-refractivity contribution in [3.8, 4) is 0 Å². The molecule has 2 aromatic heterocycles. The maximum atomic E-state index is 13.5. The van der Waals surface area contributed by atoms with Gasteiger partial charge in [0.15, 0.2) is 5.13 Å². The molecule has 0 saturated heterocycles. The van der Waals surface area contributed by atoms with Gasteiger partial charge >= 0.3 is 6.18 Å². The first-order chi connectivity index (χ1) is 14.0. The molecule has 0 aliphatic carbocycles. The molecule has 156 valence electrons. The Kier molecular flexibility index (Phi) is 4.86. The van der Waals surface area contributed by atoms with Crippen LogP contribution in [0.3, 0.4) is 0 Å².